The highest BCUT2D eigenvalue weighted by Crippen LogP contribution is 2.41. The molecule has 1 fully saturated rings. The molecular formula is C22H25ClN2O8S. The number of fused-ring (bicyclic) bond motifs is 1. The number of hydrogen-bond donors (Lipinski definition) is 1. The predicted octanol–water partition coefficient (Wildman–Crippen LogP) is 1.20. The van der Waals surface area contributed by atoms with E-state index >= 15 is 0 Å². The Kier molecular flexibility index (Phi) is 7.67. The lowest BCUT2D eigenvalue weighted by Gasteiger charge is -2.50. The van der Waals surface area contributed by atoms with Gasteiger partial charge < -0.3 is 19.5 Å². The lowest BCUT2D eigenvalue weighted by atomic mass is 10.0. The van der Waals surface area contributed by atoms with Gasteiger partial charge in [-0.3, -0.25) is 23.5 Å². The van der Waals surface area contributed by atoms with Crippen LogP contribution in [-0.2, 0) is 39.5 Å². The third kappa shape index (κ3) is 5.41. The Labute approximate surface area is 204 Å². The maximum atomic E-state index is 13.3. The largest absolute Gasteiger partial charge is 0.484 e. The van der Waals surface area contributed by atoms with E-state index in [0.29, 0.717) is 5.75 Å². The Bertz CT molecular complexity index is 1050. The van der Waals surface area contributed by atoms with Gasteiger partial charge in [0.2, 0.25) is 0 Å². The Balaban J connectivity index is 1.79. The second-order valence-corrected chi connectivity index (χ2v) is 10.7. The first-order chi connectivity index (χ1) is 15.9. The van der Waals surface area contributed by atoms with E-state index in [-0.39, 0.29) is 23.8 Å². The molecule has 0 bridgehead atoms. The van der Waals surface area contributed by atoms with Crippen molar-refractivity contribution < 1.29 is 37.6 Å². The van der Waals surface area contributed by atoms with E-state index in [0.717, 1.165) is 12.0 Å². The molecule has 0 radical (unpaired) electrons. The highest BCUT2D eigenvalue weighted by atomic mass is 35.5. The maximum Gasteiger partial charge on any atom is 0.356 e. The number of carbonyl (C=O) groups excluding carboxylic acids is 4. The van der Waals surface area contributed by atoms with Crippen LogP contribution in [0.5, 0.6) is 5.75 Å². The second kappa shape index (κ2) is 10.1. The average Bonchev–Trinajstić information content (AvgIpc) is 2.77. The van der Waals surface area contributed by atoms with E-state index in [2.05, 4.69) is 5.32 Å². The molecule has 0 saturated carbocycles. The molecule has 1 aromatic rings. The van der Waals surface area contributed by atoms with Crippen LogP contribution < -0.4 is 10.1 Å². The van der Waals surface area contributed by atoms with Gasteiger partial charge in [0.15, 0.2) is 6.61 Å². The van der Waals surface area contributed by atoms with E-state index in [1.54, 1.807) is 51.1 Å². The van der Waals surface area contributed by atoms with Crippen molar-refractivity contribution in [2.24, 2.45) is 0 Å². The molecular weight excluding hydrogens is 488 g/mol. The number of hydrogen-bond acceptors (Lipinski definition) is 8. The van der Waals surface area contributed by atoms with Crippen molar-refractivity contribution in [3.05, 3.63) is 41.1 Å². The van der Waals surface area contributed by atoms with Gasteiger partial charge in [-0.1, -0.05) is 29.8 Å². The van der Waals surface area contributed by atoms with E-state index < -0.39 is 56.8 Å². The number of para-hydroxylation sites is 1. The van der Waals surface area contributed by atoms with Crippen molar-refractivity contribution in [1.82, 2.24) is 10.2 Å². The van der Waals surface area contributed by atoms with Gasteiger partial charge in [0, 0.05) is 0 Å². The normalized spacial score (nSPS) is 24.0. The van der Waals surface area contributed by atoms with Crippen molar-refractivity contribution in [2.45, 2.75) is 49.5 Å². The number of benzene rings is 1. The number of β-lactam (4-membered cyclic amide) rings is 1. The molecule has 0 spiro atoms. The lowest BCUT2D eigenvalue weighted by molar-refractivity contribution is -0.155. The minimum atomic E-state index is -1.94. The summed E-state index contributed by atoms with van der Waals surface area (Å²) in [4.78, 5) is 50.9. The Morgan fingerprint density at radius 1 is 1.18 bits per heavy atom. The summed E-state index contributed by atoms with van der Waals surface area (Å²) in [6.45, 7) is 4.65. The van der Waals surface area contributed by atoms with Crippen LogP contribution in [0.2, 0.25) is 0 Å². The molecule has 0 aliphatic carbocycles. The van der Waals surface area contributed by atoms with Crippen molar-refractivity contribution in [3.8, 4) is 5.75 Å². The first-order valence-electron chi connectivity index (χ1n) is 10.3. The molecule has 34 heavy (non-hydrogen) atoms. The fraction of sp³-hybridized carbons (Fsp3) is 0.455. The summed E-state index contributed by atoms with van der Waals surface area (Å²) < 4.78 is 28.7. The van der Waals surface area contributed by atoms with Crippen LogP contribution in [0.3, 0.4) is 0 Å². The van der Waals surface area contributed by atoms with Gasteiger partial charge in [0.05, 0.1) is 34.6 Å². The maximum absolute atomic E-state index is 13.3. The summed E-state index contributed by atoms with van der Waals surface area (Å²) in [5.74, 6) is -2.44. The van der Waals surface area contributed by atoms with Crippen LogP contribution in [0, 0.1) is 0 Å². The first-order valence-corrected chi connectivity index (χ1v) is 12.0. The number of carbonyl (C=O) groups is 4. The van der Waals surface area contributed by atoms with E-state index in [4.69, 9.17) is 25.8 Å². The number of halogens is 1. The summed E-state index contributed by atoms with van der Waals surface area (Å²) in [5, 5.41) is 0.0114. The molecule has 1 saturated heterocycles. The Morgan fingerprint density at radius 2 is 1.82 bits per heavy atom. The van der Waals surface area contributed by atoms with Crippen LogP contribution in [0.1, 0.15) is 27.2 Å². The second-order valence-electron chi connectivity index (χ2n) is 8.54. The van der Waals surface area contributed by atoms with Gasteiger partial charge in [0.1, 0.15) is 28.5 Å². The van der Waals surface area contributed by atoms with Gasteiger partial charge in [-0.25, -0.2) is 4.79 Å². The highest BCUT2D eigenvalue weighted by Gasteiger charge is 2.60. The molecule has 4 atom stereocenters. The Morgan fingerprint density at radius 3 is 2.41 bits per heavy atom. The van der Waals surface area contributed by atoms with Crippen molar-refractivity contribution in [3.63, 3.8) is 0 Å². The van der Waals surface area contributed by atoms with Gasteiger partial charge in [-0.2, -0.15) is 0 Å². The molecule has 2 heterocycles. The molecule has 10 nitrogen and oxygen atoms in total. The molecule has 3 rings (SSSR count). The molecule has 1 N–H and O–H groups in total. The van der Waals surface area contributed by atoms with E-state index in [1.165, 1.54) is 0 Å². The summed E-state index contributed by atoms with van der Waals surface area (Å²) >= 11 is 6.34. The zero-order valence-corrected chi connectivity index (χ0v) is 20.6. The number of nitrogens with zero attached hydrogens (tertiary/aromatic N) is 1. The van der Waals surface area contributed by atoms with Crippen LogP contribution >= 0.6 is 11.6 Å². The monoisotopic (exact) mass is 512 g/mol. The molecule has 0 aromatic heterocycles. The molecule has 2 aliphatic heterocycles. The number of methoxy groups -OCH3 is 1. The number of esters is 2. The fourth-order valence-corrected chi connectivity index (χ4v) is 5.82. The average molecular weight is 513 g/mol. The third-order valence-electron chi connectivity index (χ3n) is 4.89. The predicted molar refractivity (Wildman–Crippen MR) is 122 cm³/mol. The molecule has 2 aliphatic rings. The quantitative estimate of drug-likeness (QED) is 0.426. The van der Waals surface area contributed by atoms with Crippen LogP contribution in [0.15, 0.2) is 41.1 Å². The van der Waals surface area contributed by atoms with Crippen molar-refractivity contribution in [1.29, 1.82) is 0 Å². The number of ether oxygens (including phenoxy) is 3. The summed E-state index contributed by atoms with van der Waals surface area (Å²) in [6, 6.07) is 7.39. The smallest absolute Gasteiger partial charge is 0.356 e. The topological polar surface area (TPSA) is 128 Å². The van der Waals surface area contributed by atoms with E-state index in [9.17, 15) is 23.4 Å². The lowest BCUT2D eigenvalue weighted by Crippen LogP contribution is -2.74. The zero-order valence-electron chi connectivity index (χ0n) is 19.0. The minimum Gasteiger partial charge on any atom is -0.484 e. The number of amides is 2. The van der Waals surface area contributed by atoms with Crippen LogP contribution in [0.4, 0.5) is 0 Å². The minimum absolute atomic E-state index is 0.238. The molecule has 12 heteroatoms. The first kappa shape index (κ1) is 25.7. The zero-order chi connectivity index (χ0) is 25.2. The molecule has 1 aromatic carbocycles. The summed E-state index contributed by atoms with van der Waals surface area (Å²) in [6.07, 6.45) is -0.389. The third-order valence-corrected chi connectivity index (χ3v) is 7.39. The molecule has 184 valence electrons. The van der Waals surface area contributed by atoms with E-state index in [1.807, 2.05) is 0 Å². The van der Waals surface area contributed by atoms with Gasteiger partial charge >= 0.3 is 11.9 Å². The van der Waals surface area contributed by atoms with Crippen molar-refractivity contribution in [2.75, 3.05) is 13.7 Å². The van der Waals surface area contributed by atoms with Crippen LogP contribution in [0.25, 0.3) is 0 Å². The summed E-state index contributed by atoms with van der Waals surface area (Å²) in [5.41, 5.74) is -1.10. The number of rotatable bonds is 7. The van der Waals surface area contributed by atoms with Gasteiger partial charge in [0.25, 0.3) is 11.8 Å². The summed E-state index contributed by atoms with van der Waals surface area (Å²) in [7, 11) is -0.836. The number of nitrogens with one attached hydrogen (secondary N) is 1. The highest BCUT2D eigenvalue weighted by molar-refractivity contribution is 7.86. The SMILES string of the molecule is COC(=O)C1=C(Cl)[C@@H](CC(=O)OC(C)(C)C)S(=O)[C@@H]2[C@H](NC(=O)COc3ccccc3)C(=O)N12. The van der Waals surface area contributed by atoms with Crippen molar-refractivity contribution >= 4 is 46.2 Å². The molecule has 2 amide bonds. The van der Waals surface area contributed by atoms with Crippen LogP contribution in [-0.4, -0.2) is 68.8 Å². The standard InChI is InChI=1S/C22H25ClN2O8S/c1-22(2,3)33-15(27)10-13-16(23)18(21(29)31-4)25-19(28)17(20(25)34(13)30)24-14(26)11-32-12-8-6-5-7-9-12/h5-9,13,17,20H,10-11H2,1-4H3,(H,24,26)/t13-,17-,20-,34?/m1/s1. The molecule has 1 unspecified atom stereocenters. The fourth-order valence-electron chi connectivity index (χ4n) is 3.49. The Hall–Kier alpha value is -2.92. The van der Waals surface area contributed by atoms with Gasteiger partial charge in [-0.05, 0) is 32.9 Å². The van der Waals surface area contributed by atoms with Gasteiger partial charge in [-0.15, -0.1) is 0 Å².